The van der Waals surface area contributed by atoms with Crippen molar-refractivity contribution in [3.05, 3.63) is 0 Å². The fraction of sp³-hybridized carbons (Fsp3) is 1.00. The predicted molar refractivity (Wildman–Crippen MR) is 74.3 cm³/mol. The molecule has 0 radical (unpaired) electrons. The first-order valence-electron chi connectivity index (χ1n) is 7.74. The van der Waals surface area contributed by atoms with Gasteiger partial charge in [0.15, 0.2) is 0 Å². The Labute approximate surface area is 107 Å². The minimum Gasteiger partial charge on any atom is -0.311 e. The Morgan fingerprint density at radius 3 is 2.65 bits per heavy atom. The number of piperidine rings is 1. The summed E-state index contributed by atoms with van der Waals surface area (Å²) in [6.07, 6.45) is 8.25. The van der Waals surface area contributed by atoms with Crippen LogP contribution in [0.25, 0.3) is 0 Å². The lowest BCUT2D eigenvalue weighted by atomic mass is 9.92. The topological polar surface area (TPSA) is 15.3 Å². The Hall–Kier alpha value is -0.0800. The van der Waals surface area contributed by atoms with E-state index in [1.165, 1.54) is 51.6 Å². The molecular weight excluding hydrogens is 208 g/mol. The van der Waals surface area contributed by atoms with Crippen LogP contribution in [0.3, 0.4) is 0 Å². The third-order valence-electron chi connectivity index (χ3n) is 5.07. The normalized spacial score (nSPS) is 31.8. The molecule has 2 heterocycles. The molecular formula is C15H30N2. The van der Waals surface area contributed by atoms with Crippen LogP contribution in [0.4, 0.5) is 0 Å². The molecule has 3 unspecified atom stereocenters. The van der Waals surface area contributed by atoms with Crippen LogP contribution in [0, 0.1) is 5.92 Å². The van der Waals surface area contributed by atoms with Crippen molar-refractivity contribution >= 4 is 0 Å². The molecule has 0 bridgehead atoms. The molecule has 0 aromatic heterocycles. The van der Waals surface area contributed by atoms with Crippen molar-refractivity contribution in [1.82, 2.24) is 10.2 Å². The maximum atomic E-state index is 3.91. The molecule has 0 aromatic carbocycles. The summed E-state index contributed by atoms with van der Waals surface area (Å²) in [5.41, 5.74) is 0. The van der Waals surface area contributed by atoms with Gasteiger partial charge >= 0.3 is 0 Å². The zero-order valence-corrected chi connectivity index (χ0v) is 11.9. The van der Waals surface area contributed by atoms with Crippen LogP contribution in [0.15, 0.2) is 0 Å². The first-order valence-corrected chi connectivity index (χ1v) is 7.74. The lowest BCUT2D eigenvalue weighted by Gasteiger charge is -2.37. The zero-order chi connectivity index (χ0) is 12.3. The van der Waals surface area contributed by atoms with E-state index in [0.717, 1.165) is 18.0 Å². The van der Waals surface area contributed by atoms with Crippen molar-refractivity contribution in [3.8, 4) is 0 Å². The number of nitrogens with one attached hydrogen (secondary N) is 1. The second-order valence-electron chi connectivity index (χ2n) is 6.09. The maximum Gasteiger partial charge on any atom is 0.0111 e. The molecule has 2 aliphatic rings. The molecule has 3 atom stereocenters. The zero-order valence-electron chi connectivity index (χ0n) is 11.9. The molecule has 0 aromatic rings. The van der Waals surface area contributed by atoms with E-state index in [4.69, 9.17) is 0 Å². The van der Waals surface area contributed by atoms with Gasteiger partial charge in [-0.3, -0.25) is 0 Å². The van der Waals surface area contributed by atoms with Crippen molar-refractivity contribution in [2.24, 2.45) is 5.92 Å². The van der Waals surface area contributed by atoms with Gasteiger partial charge in [0.05, 0.1) is 0 Å². The van der Waals surface area contributed by atoms with Gasteiger partial charge in [-0.2, -0.15) is 0 Å². The number of fused-ring (bicyclic) bond motifs is 1. The molecule has 17 heavy (non-hydrogen) atoms. The summed E-state index contributed by atoms with van der Waals surface area (Å²) < 4.78 is 0. The number of hydrogen-bond donors (Lipinski definition) is 1. The lowest BCUT2D eigenvalue weighted by Crippen LogP contribution is -2.49. The number of nitrogens with zero attached hydrogens (tertiary/aromatic N) is 1. The quantitative estimate of drug-likeness (QED) is 0.792. The first-order chi connectivity index (χ1) is 8.24. The van der Waals surface area contributed by atoms with Crippen molar-refractivity contribution in [2.75, 3.05) is 13.1 Å². The highest BCUT2D eigenvalue weighted by molar-refractivity contribution is 4.90. The van der Waals surface area contributed by atoms with Crippen LogP contribution in [0.1, 0.15) is 59.3 Å². The standard InChI is InChI=1S/C15H30N2/c1-4-13(5-2)12(3)16-14-8-10-17-9-6-7-15(17)11-14/h12-16H,4-11H2,1-3H3. The van der Waals surface area contributed by atoms with E-state index in [1.54, 1.807) is 0 Å². The molecule has 100 valence electrons. The van der Waals surface area contributed by atoms with Crippen LogP contribution in [-0.4, -0.2) is 36.1 Å². The molecule has 2 aliphatic heterocycles. The maximum absolute atomic E-state index is 3.91. The van der Waals surface area contributed by atoms with Crippen LogP contribution < -0.4 is 5.32 Å². The Balaban J connectivity index is 1.79. The van der Waals surface area contributed by atoms with Crippen molar-refractivity contribution in [3.63, 3.8) is 0 Å². The fourth-order valence-electron chi connectivity index (χ4n) is 3.88. The summed E-state index contributed by atoms with van der Waals surface area (Å²) in [6.45, 7) is 9.73. The Kier molecular flexibility index (Phi) is 4.87. The van der Waals surface area contributed by atoms with Gasteiger partial charge in [0.25, 0.3) is 0 Å². The third kappa shape index (κ3) is 3.23. The van der Waals surface area contributed by atoms with Crippen LogP contribution in [0.5, 0.6) is 0 Å². The van der Waals surface area contributed by atoms with Crippen molar-refractivity contribution < 1.29 is 0 Å². The van der Waals surface area contributed by atoms with E-state index in [0.29, 0.717) is 6.04 Å². The highest BCUT2D eigenvalue weighted by Crippen LogP contribution is 2.27. The molecule has 1 N–H and O–H groups in total. The van der Waals surface area contributed by atoms with Crippen LogP contribution in [0.2, 0.25) is 0 Å². The van der Waals surface area contributed by atoms with Gasteiger partial charge in [-0.1, -0.05) is 26.7 Å². The van der Waals surface area contributed by atoms with Gasteiger partial charge in [-0.15, -0.1) is 0 Å². The third-order valence-corrected chi connectivity index (χ3v) is 5.07. The Morgan fingerprint density at radius 1 is 1.18 bits per heavy atom. The second-order valence-corrected chi connectivity index (χ2v) is 6.09. The minimum absolute atomic E-state index is 0.697. The van der Waals surface area contributed by atoms with Crippen molar-refractivity contribution in [2.45, 2.75) is 77.4 Å². The molecule has 0 aliphatic carbocycles. The predicted octanol–water partition coefficient (Wildman–Crippen LogP) is 3.03. The van der Waals surface area contributed by atoms with E-state index in [-0.39, 0.29) is 0 Å². The molecule has 2 rings (SSSR count). The highest BCUT2D eigenvalue weighted by atomic mass is 15.2. The van der Waals surface area contributed by atoms with Gasteiger partial charge < -0.3 is 10.2 Å². The van der Waals surface area contributed by atoms with E-state index in [9.17, 15) is 0 Å². The van der Waals surface area contributed by atoms with E-state index >= 15 is 0 Å². The summed E-state index contributed by atoms with van der Waals surface area (Å²) in [5.74, 6) is 0.858. The fourth-order valence-corrected chi connectivity index (χ4v) is 3.88. The summed E-state index contributed by atoms with van der Waals surface area (Å²) in [5, 5.41) is 3.91. The first kappa shape index (κ1) is 13.4. The van der Waals surface area contributed by atoms with Crippen molar-refractivity contribution in [1.29, 1.82) is 0 Å². The van der Waals surface area contributed by atoms with Gasteiger partial charge in [0.1, 0.15) is 0 Å². The summed E-state index contributed by atoms with van der Waals surface area (Å²) >= 11 is 0. The smallest absolute Gasteiger partial charge is 0.0111 e. The average Bonchev–Trinajstić information content (AvgIpc) is 2.77. The molecule has 0 saturated carbocycles. The van der Waals surface area contributed by atoms with Crippen LogP contribution in [-0.2, 0) is 0 Å². The summed E-state index contributed by atoms with van der Waals surface area (Å²) in [7, 11) is 0. The highest BCUT2D eigenvalue weighted by Gasteiger charge is 2.32. The largest absolute Gasteiger partial charge is 0.311 e. The molecule has 2 saturated heterocycles. The number of hydrogen-bond acceptors (Lipinski definition) is 2. The molecule has 2 heteroatoms. The van der Waals surface area contributed by atoms with Gasteiger partial charge in [-0.05, 0) is 51.6 Å². The van der Waals surface area contributed by atoms with E-state index in [2.05, 4.69) is 31.0 Å². The average molecular weight is 238 g/mol. The Morgan fingerprint density at radius 2 is 1.94 bits per heavy atom. The lowest BCUT2D eigenvalue weighted by molar-refractivity contribution is 0.154. The minimum atomic E-state index is 0.697. The van der Waals surface area contributed by atoms with Gasteiger partial charge in [0, 0.05) is 18.1 Å². The van der Waals surface area contributed by atoms with Gasteiger partial charge in [-0.25, -0.2) is 0 Å². The molecule has 2 fully saturated rings. The monoisotopic (exact) mass is 238 g/mol. The summed E-state index contributed by atoms with van der Waals surface area (Å²) in [6, 6.07) is 2.38. The second kappa shape index (κ2) is 6.19. The van der Waals surface area contributed by atoms with E-state index < -0.39 is 0 Å². The SMILES string of the molecule is CCC(CC)C(C)NC1CCN2CCCC2C1. The Bertz CT molecular complexity index is 225. The van der Waals surface area contributed by atoms with Gasteiger partial charge in [0.2, 0.25) is 0 Å². The number of rotatable bonds is 5. The molecule has 0 amide bonds. The molecule has 0 spiro atoms. The molecule has 2 nitrogen and oxygen atoms in total. The van der Waals surface area contributed by atoms with Crippen LogP contribution >= 0.6 is 0 Å². The van der Waals surface area contributed by atoms with E-state index in [1.807, 2.05) is 0 Å². The summed E-state index contributed by atoms with van der Waals surface area (Å²) in [4.78, 5) is 2.71.